The summed E-state index contributed by atoms with van der Waals surface area (Å²) in [6.45, 7) is -0.683. The molecule has 0 amide bonds. The van der Waals surface area contributed by atoms with Crippen molar-refractivity contribution in [2.75, 3.05) is 39.2 Å². The molecule has 1 atom stereocenters. The lowest BCUT2D eigenvalue weighted by Crippen LogP contribution is -2.53. The minimum atomic E-state index is -3.03. The van der Waals surface area contributed by atoms with E-state index in [2.05, 4.69) is 20.4 Å². The Kier molecular flexibility index (Phi) is 5.74. The summed E-state index contributed by atoms with van der Waals surface area (Å²) in [6, 6.07) is 1.38. The van der Waals surface area contributed by atoms with Crippen molar-refractivity contribution in [3.8, 4) is 17.0 Å². The Morgan fingerprint density at radius 2 is 2.03 bits per heavy atom. The molecule has 5 rings (SSSR count). The van der Waals surface area contributed by atoms with E-state index in [1.54, 1.807) is 7.05 Å². The Balaban J connectivity index is 1.60. The summed E-state index contributed by atoms with van der Waals surface area (Å²) < 4.78 is 79.7. The minimum Gasteiger partial charge on any atom is -0.479 e. The van der Waals surface area contributed by atoms with Gasteiger partial charge >= 0.3 is 0 Å². The van der Waals surface area contributed by atoms with Crippen LogP contribution >= 0.6 is 0 Å². The molecule has 0 unspecified atom stereocenters. The number of nitrogens with one attached hydrogen (secondary N) is 1. The molecule has 1 aliphatic rings. The van der Waals surface area contributed by atoms with Crippen LogP contribution in [-0.2, 0) is 6.54 Å². The maximum Gasteiger partial charge on any atom is 0.280 e. The zero-order valence-electron chi connectivity index (χ0n) is 18.9. The number of piperidine rings is 1. The first-order chi connectivity index (χ1) is 16.7. The second-order valence-corrected chi connectivity index (χ2v) is 8.53. The van der Waals surface area contributed by atoms with E-state index < -0.39 is 36.8 Å². The third kappa shape index (κ3) is 4.03. The molecule has 8 nitrogen and oxygen atoms in total. The SMILES string of the molecule is COc1nc(N[C@@H]2CCN(C)CC2(F)F)nn2cc(F)c(-c3cc(F)c4ncn(CCF)c4c3)c12. The first-order valence-electron chi connectivity index (χ1n) is 10.9. The van der Waals surface area contributed by atoms with Crippen LogP contribution in [0.5, 0.6) is 5.88 Å². The van der Waals surface area contributed by atoms with Crippen molar-refractivity contribution >= 4 is 22.5 Å². The van der Waals surface area contributed by atoms with Crippen LogP contribution in [0.1, 0.15) is 6.42 Å². The zero-order valence-corrected chi connectivity index (χ0v) is 18.9. The number of fused-ring (bicyclic) bond motifs is 2. The summed E-state index contributed by atoms with van der Waals surface area (Å²) in [5.74, 6) is -4.74. The van der Waals surface area contributed by atoms with E-state index in [9.17, 15) is 17.6 Å². The molecule has 1 fully saturated rings. The molecule has 1 aromatic carbocycles. The van der Waals surface area contributed by atoms with Crippen LogP contribution in [0, 0.1) is 11.6 Å². The highest BCUT2D eigenvalue weighted by Crippen LogP contribution is 2.37. The van der Waals surface area contributed by atoms with Gasteiger partial charge in [0.1, 0.15) is 17.7 Å². The van der Waals surface area contributed by atoms with Crippen LogP contribution in [0.3, 0.4) is 0 Å². The number of likely N-dealkylation sites (tertiary alicyclic amines) is 1. The third-order valence-electron chi connectivity index (χ3n) is 6.13. The topological polar surface area (TPSA) is 72.5 Å². The molecule has 186 valence electrons. The summed E-state index contributed by atoms with van der Waals surface area (Å²) in [5.41, 5.74) is 0.492. The normalized spacial score (nSPS) is 18.4. The number of nitrogens with zero attached hydrogens (tertiary/aromatic N) is 6. The predicted octanol–water partition coefficient (Wildman–Crippen LogP) is 3.75. The van der Waals surface area contributed by atoms with Gasteiger partial charge in [0.15, 0.2) is 11.6 Å². The number of alkyl halides is 3. The number of hydrogen-bond acceptors (Lipinski definition) is 6. The molecule has 35 heavy (non-hydrogen) atoms. The third-order valence-corrected chi connectivity index (χ3v) is 6.13. The van der Waals surface area contributed by atoms with E-state index in [0.717, 1.165) is 16.8 Å². The number of methoxy groups -OCH3 is 1. The summed E-state index contributed by atoms with van der Waals surface area (Å²) in [6.07, 6.45) is 2.50. The number of aryl methyl sites for hydroxylation is 1. The van der Waals surface area contributed by atoms with Crippen LogP contribution in [0.2, 0.25) is 0 Å². The predicted molar refractivity (Wildman–Crippen MR) is 119 cm³/mol. The lowest BCUT2D eigenvalue weighted by Gasteiger charge is -2.36. The highest BCUT2D eigenvalue weighted by atomic mass is 19.3. The van der Waals surface area contributed by atoms with E-state index in [1.165, 1.54) is 29.0 Å². The van der Waals surface area contributed by atoms with Crippen molar-refractivity contribution in [3.05, 3.63) is 36.3 Å². The minimum absolute atomic E-state index is 0.0277. The quantitative estimate of drug-likeness (QED) is 0.411. The highest BCUT2D eigenvalue weighted by molar-refractivity contribution is 5.90. The van der Waals surface area contributed by atoms with Crippen molar-refractivity contribution < 1.29 is 26.7 Å². The van der Waals surface area contributed by atoms with E-state index in [4.69, 9.17) is 4.74 Å². The molecule has 4 aromatic rings. The van der Waals surface area contributed by atoms with Crippen LogP contribution in [0.4, 0.5) is 27.9 Å². The number of ether oxygens (including phenoxy) is 1. The maximum atomic E-state index is 15.2. The van der Waals surface area contributed by atoms with E-state index in [-0.39, 0.29) is 47.0 Å². The molecule has 0 saturated carbocycles. The van der Waals surface area contributed by atoms with Gasteiger partial charge in [-0.25, -0.2) is 31.5 Å². The van der Waals surface area contributed by atoms with Gasteiger partial charge in [0.2, 0.25) is 11.8 Å². The molecule has 0 aliphatic carbocycles. The Bertz CT molecular complexity index is 1400. The molecule has 13 heteroatoms. The molecule has 0 spiro atoms. The van der Waals surface area contributed by atoms with Crippen LogP contribution in [0.15, 0.2) is 24.7 Å². The van der Waals surface area contributed by atoms with E-state index in [0.29, 0.717) is 12.1 Å². The van der Waals surface area contributed by atoms with Crippen LogP contribution in [-0.4, -0.2) is 74.9 Å². The first kappa shape index (κ1) is 23.3. The molecular weight excluding hydrogens is 473 g/mol. The standard InChI is InChI=1S/C22H22F5N7O/c1-32-5-3-16(22(26,27)10-32)29-21-30-20(35-2)19-17(14(25)9-34(19)31-21)12-7-13(24)18-15(8-12)33(6-4-23)11-28-18/h7-9,11,16H,3-6,10H2,1-2H3,(H,29,31)/t16-/m1/s1. The van der Waals surface area contributed by atoms with Gasteiger partial charge in [-0.05, 0) is 31.2 Å². The number of rotatable bonds is 6. The van der Waals surface area contributed by atoms with Gasteiger partial charge in [0, 0.05) is 6.54 Å². The molecule has 0 bridgehead atoms. The average Bonchev–Trinajstić information content (AvgIpc) is 3.35. The average molecular weight is 495 g/mol. The number of benzene rings is 1. The molecule has 1 aliphatic heterocycles. The van der Waals surface area contributed by atoms with Gasteiger partial charge < -0.3 is 19.5 Å². The fraction of sp³-hybridized carbons (Fsp3) is 0.409. The molecule has 1 N–H and O–H groups in total. The first-order valence-corrected chi connectivity index (χ1v) is 10.9. The number of imidazole rings is 1. The van der Waals surface area contributed by atoms with Gasteiger partial charge in [-0.3, -0.25) is 0 Å². The second kappa shape index (κ2) is 8.63. The maximum absolute atomic E-state index is 15.2. The molecule has 3 aromatic heterocycles. The number of hydrogen-bond donors (Lipinski definition) is 1. The van der Waals surface area contributed by atoms with Crippen LogP contribution < -0.4 is 10.1 Å². The van der Waals surface area contributed by atoms with Crippen molar-refractivity contribution in [2.45, 2.75) is 24.9 Å². The molecule has 4 heterocycles. The van der Waals surface area contributed by atoms with Crippen molar-refractivity contribution in [2.24, 2.45) is 0 Å². The second-order valence-electron chi connectivity index (χ2n) is 8.53. The lowest BCUT2D eigenvalue weighted by molar-refractivity contribution is -0.0675. The summed E-state index contributed by atoms with van der Waals surface area (Å²) in [5, 5.41) is 6.81. The number of halogens is 5. The molecular formula is C22H22F5N7O. The Hall–Kier alpha value is -3.48. The number of aromatic nitrogens is 5. The summed E-state index contributed by atoms with van der Waals surface area (Å²) >= 11 is 0. The summed E-state index contributed by atoms with van der Waals surface area (Å²) in [4.78, 5) is 9.67. The smallest absolute Gasteiger partial charge is 0.280 e. The fourth-order valence-corrected chi connectivity index (χ4v) is 4.48. The van der Waals surface area contributed by atoms with Gasteiger partial charge in [0.25, 0.3) is 5.92 Å². The number of anilines is 1. The van der Waals surface area contributed by atoms with Crippen molar-refractivity contribution in [1.29, 1.82) is 0 Å². The van der Waals surface area contributed by atoms with Crippen molar-refractivity contribution in [1.82, 2.24) is 29.0 Å². The molecule has 0 radical (unpaired) electrons. The largest absolute Gasteiger partial charge is 0.479 e. The van der Waals surface area contributed by atoms with Crippen LogP contribution in [0.25, 0.3) is 27.7 Å². The Morgan fingerprint density at radius 3 is 2.74 bits per heavy atom. The Labute approximate surface area is 196 Å². The van der Waals surface area contributed by atoms with Crippen molar-refractivity contribution in [3.63, 3.8) is 0 Å². The van der Waals surface area contributed by atoms with E-state index in [1.807, 2.05) is 0 Å². The monoisotopic (exact) mass is 495 g/mol. The molecule has 1 saturated heterocycles. The van der Waals surface area contributed by atoms with E-state index >= 15 is 4.39 Å². The van der Waals surface area contributed by atoms with Gasteiger partial charge in [-0.1, -0.05) is 0 Å². The van der Waals surface area contributed by atoms with Gasteiger partial charge in [-0.2, -0.15) is 4.98 Å². The highest BCUT2D eigenvalue weighted by Gasteiger charge is 2.44. The zero-order chi connectivity index (χ0) is 24.9. The van der Waals surface area contributed by atoms with Gasteiger partial charge in [0.05, 0.1) is 49.8 Å². The lowest BCUT2D eigenvalue weighted by atomic mass is 10.0. The fourth-order valence-electron chi connectivity index (χ4n) is 4.48. The van der Waals surface area contributed by atoms with Gasteiger partial charge in [-0.15, -0.1) is 5.10 Å². The Morgan fingerprint density at radius 1 is 1.23 bits per heavy atom. The summed E-state index contributed by atoms with van der Waals surface area (Å²) in [7, 11) is 2.91.